The van der Waals surface area contributed by atoms with Crippen LogP contribution in [0.15, 0.2) is 83.3 Å². The lowest BCUT2D eigenvalue weighted by atomic mass is 9.89. The number of carbonyl (C=O) groups excluding carboxylic acids is 1. The van der Waals surface area contributed by atoms with Gasteiger partial charge in [-0.15, -0.1) is 0 Å². The lowest BCUT2D eigenvalue weighted by Crippen LogP contribution is -2.26. The Bertz CT molecular complexity index is 2010. The maximum atomic E-state index is 13.1. The van der Waals surface area contributed by atoms with Crippen molar-refractivity contribution in [1.29, 1.82) is 0 Å². The Morgan fingerprint density at radius 2 is 1.64 bits per heavy atom. The van der Waals surface area contributed by atoms with Gasteiger partial charge in [-0.05, 0) is 60.0 Å². The molecule has 0 unspecified atom stereocenters. The molecule has 0 bridgehead atoms. The first-order valence-corrected chi connectivity index (χ1v) is 15.5. The SMILES string of the molecule is CN(C)c1ccc2c(-c3ccc(C(=O)NCCc4ccc(OP(=O)(O)O)cc4)cc3C(=O)O)c3ccc(=[N+](C)C)cc-3oc2c1. The van der Waals surface area contributed by atoms with Gasteiger partial charge in [0.25, 0.3) is 5.91 Å². The molecule has 1 heterocycles. The average Bonchev–Trinajstić information content (AvgIpc) is 2.99. The molecule has 0 saturated heterocycles. The lowest BCUT2D eigenvalue weighted by molar-refractivity contribution is 0.0697. The van der Waals surface area contributed by atoms with Gasteiger partial charge in [0.2, 0.25) is 5.36 Å². The van der Waals surface area contributed by atoms with E-state index in [9.17, 15) is 19.3 Å². The summed E-state index contributed by atoms with van der Waals surface area (Å²) >= 11 is 0. The molecule has 1 amide bonds. The zero-order valence-electron chi connectivity index (χ0n) is 25.1. The summed E-state index contributed by atoms with van der Waals surface area (Å²) in [4.78, 5) is 45.5. The first-order valence-electron chi connectivity index (χ1n) is 14.0. The number of benzene rings is 4. The van der Waals surface area contributed by atoms with Crippen molar-refractivity contribution in [2.45, 2.75) is 6.42 Å². The molecule has 0 radical (unpaired) electrons. The van der Waals surface area contributed by atoms with E-state index in [1.165, 1.54) is 18.2 Å². The number of anilines is 1. The highest BCUT2D eigenvalue weighted by Gasteiger charge is 2.24. The molecule has 0 fully saturated rings. The second-order valence-electron chi connectivity index (χ2n) is 10.9. The summed E-state index contributed by atoms with van der Waals surface area (Å²) in [5.41, 5.74) is 4.39. The van der Waals surface area contributed by atoms with Gasteiger partial charge in [-0.3, -0.25) is 14.6 Å². The number of hydrogen-bond acceptors (Lipinski definition) is 6. The molecule has 0 aromatic heterocycles. The quantitative estimate of drug-likeness (QED) is 0.105. The largest absolute Gasteiger partial charge is 0.524 e. The van der Waals surface area contributed by atoms with Gasteiger partial charge in [0, 0.05) is 60.5 Å². The van der Waals surface area contributed by atoms with Crippen LogP contribution in [0.4, 0.5) is 5.69 Å². The number of nitrogens with zero attached hydrogens (tertiary/aromatic N) is 2. The van der Waals surface area contributed by atoms with Crippen LogP contribution in [0.3, 0.4) is 0 Å². The molecule has 232 valence electrons. The molecule has 0 atom stereocenters. The number of carboxylic acid groups (broad SMARTS) is 1. The van der Waals surface area contributed by atoms with Gasteiger partial charge >= 0.3 is 13.8 Å². The minimum atomic E-state index is -4.65. The number of fused-ring (bicyclic) bond motifs is 2. The smallest absolute Gasteiger partial charge is 0.478 e. The van der Waals surface area contributed by atoms with Crippen LogP contribution in [0.25, 0.3) is 33.4 Å². The second-order valence-corrected chi connectivity index (χ2v) is 12.1. The molecule has 11 nitrogen and oxygen atoms in total. The summed E-state index contributed by atoms with van der Waals surface area (Å²) in [5.74, 6) is -0.982. The number of nitrogens with one attached hydrogen (secondary N) is 1. The molecule has 5 rings (SSSR count). The van der Waals surface area contributed by atoms with Gasteiger partial charge < -0.3 is 24.3 Å². The Morgan fingerprint density at radius 3 is 2.29 bits per heavy atom. The summed E-state index contributed by atoms with van der Waals surface area (Å²) < 4.78 is 23.9. The van der Waals surface area contributed by atoms with Crippen molar-refractivity contribution < 1.29 is 38.0 Å². The molecule has 1 aliphatic heterocycles. The Hall–Kier alpha value is -4.96. The van der Waals surface area contributed by atoms with Crippen LogP contribution >= 0.6 is 7.82 Å². The summed E-state index contributed by atoms with van der Waals surface area (Å²) in [6, 6.07) is 22.3. The first kappa shape index (κ1) is 31.5. The number of phosphoric ester groups is 1. The zero-order chi connectivity index (χ0) is 32.5. The molecule has 12 heteroatoms. The maximum Gasteiger partial charge on any atom is 0.524 e. The van der Waals surface area contributed by atoms with E-state index in [0.29, 0.717) is 28.9 Å². The molecular formula is C33H33N3O8P+. The number of amides is 1. The standard InChI is InChI=1S/C33H32N3O8P/c1-35(2)22-8-13-26-29(18-22)43-30-19-23(36(3)4)9-14-27(30)31(26)25-12-7-21(17-28(25)33(38)39)32(37)34-16-15-20-5-10-24(11-6-20)44-45(40,41)42/h5-14,17-19H,15-16H2,1-4H3,(H3-,34,37,38,39,40,41,42)/p+1. The lowest BCUT2D eigenvalue weighted by Gasteiger charge is -2.19. The molecule has 1 aliphatic carbocycles. The van der Waals surface area contributed by atoms with Crippen LogP contribution in [0.1, 0.15) is 26.3 Å². The Morgan fingerprint density at radius 1 is 0.933 bits per heavy atom. The van der Waals surface area contributed by atoms with Gasteiger partial charge in [-0.2, -0.15) is 0 Å². The summed E-state index contributed by atoms with van der Waals surface area (Å²) in [5, 5.41) is 14.8. The van der Waals surface area contributed by atoms with E-state index in [1.54, 1.807) is 24.3 Å². The first-order chi connectivity index (χ1) is 21.3. The van der Waals surface area contributed by atoms with E-state index in [-0.39, 0.29) is 23.4 Å². The monoisotopic (exact) mass is 630 g/mol. The van der Waals surface area contributed by atoms with E-state index in [1.807, 2.05) is 74.1 Å². The summed E-state index contributed by atoms with van der Waals surface area (Å²) in [6.45, 7) is 0.250. The molecule has 3 aromatic carbocycles. The predicted molar refractivity (Wildman–Crippen MR) is 172 cm³/mol. The topological polar surface area (TPSA) is 153 Å². The number of aromatic carboxylic acids is 1. The van der Waals surface area contributed by atoms with Crippen LogP contribution < -0.4 is 24.7 Å². The predicted octanol–water partition coefficient (Wildman–Crippen LogP) is 4.44. The van der Waals surface area contributed by atoms with Crippen LogP contribution in [0, 0.1) is 0 Å². The number of carbonyl (C=O) groups is 2. The van der Waals surface area contributed by atoms with Crippen LogP contribution in [0.5, 0.6) is 5.75 Å². The third-order valence-electron chi connectivity index (χ3n) is 7.35. The second kappa shape index (κ2) is 12.6. The Balaban J connectivity index is 1.48. The number of rotatable bonds is 9. The van der Waals surface area contributed by atoms with Gasteiger partial charge in [0.1, 0.15) is 31.2 Å². The third-order valence-corrected chi connectivity index (χ3v) is 7.80. The van der Waals surface area contributed by atoms with Crippen LogP contribution in [-0.4, -0.2) is 61.5 Å². The fourth-order valence-electron chi connectivity index (χ4n) is 5.07. The van der Waals surface area contributed by atoms with E-state index >= 15 is 0 Å². The van der Waals surface area contributed by atoms with Crippen LogP contribution in [-0.2, 0) is 11.0 Å². The normalized spacial score (nSPS) is 11.4. The minimum Gasteiger partial charge on any atom is -0.478 e. The van der Waals surface area contributed by atoms with Crippen molar-refractivity contribution in [3.05, 3.63) is 101 Å². The van der Waals surface area contributed by atoms with Gasteiger partial charge in [0.15, 0.2) is 0 Å². The van der Waals surface area contributed by atoms with Crippen molar-refractivity contribution in [1.82, 2.24) is 9.89 Å². The highest BCUT2D eigenvalue weighted by atomic mass is 31.2. The molecule has 0 saturated carbocycles. The van der Waals surface area contributed by atoms with Crippen molar-refractivity contribution in [2.24, 2.45) is 0 Å². The molecule has 4 N–H and O–H groups in total. The van der Waals surface area contributed by atoms with Crippen molar-refractivity contribution in [2.75, 3.05) is 39.6 Å². The fraction of sp³-hybridized carbons (Fsp3) is 0.182. The summed E-state index contributed by atoms with van der Waals surface area (Å²) in [7, 11) is 3.07. The van der Waals surface area contributed by atoms with Crippen molar-refractivity contribution in [3.63, 3.8) is 0 Å². The third kappa shape index (κ3) is 7.07. The zero-order valence-corrected chi connectivity index (χ0v) is 26.0. The summed E-state index contributed by atoms with van der Waals surface area (Å²) in [6.07, 6.45) is 0.432. The molecule has 0 spiro atoms. The molecule has 3 aromatic rings. The van der Waals surface area contributed by atoms with Crippen LogP contribution in [0.2, 0.25) is 0 Å². The maximum absolute atomic E-state index is 13.1. The fourth-order valence-corrected chi connectivity index (χ4v) is 5.47. The number of carboxylic acids is 1. The van der Waals surface area contributed by atoms with E-state index in [2.05, 4.69) is 9.84 Å². The number of phosphoric acid groups is 1. The highest BCUT2D eigenvalue weighted by Crippen LogP contribution is 2.42. The Kier molecular flexibility index (Phi) is 8.79. The van der Waals surface area contributed by atoms with Crippen molar-refractivity contribution in [3.8, 4) is 28.2 Å². The van der Waals surface area contributed by atoms with E-state index in [4.69, 9.17) is 14.2 Å². The van der Waals surface area contributed by atoms with Crippen molar-refractivity contribution >= 4 is 36.4 Å². The Labute approximate surface area is 259 Å². The van der Waals surface area contributed by atoms with Gasteiger partial charge in [0.05, 0.1) is 11.6 Å². The molecule has 45 heavy (non-hydrogen) atoms. The molecular weight excluding hydrogens is 597 g/mol. The molecule has 2 aliphatic rings. The van der Waals surface area contributed by atoms with E-state index < -0.39 is 19.7 Å². The highest BCUT2D eigenvalue weighted by molar-refractivity contribution is 7.46. The minimum absolute atomic E-state index is 0.0227. The average molecular weight is 631 g/mol. The van der Waals surface area contributed by atoms with E-state index in [0.717, 1.165) is 27.6 Å². The number of hydrogen-bond donors (Lipinski definition) is 4. The van der Waals surface area contributed by atoms with Gasteiger partial charge in [-0.25, -0.2) is 13.9 Å². The van der Waals surface area contributed by atoms with Gasteiger partial charge in [-0.1, -0.05) is 18.2 Å².